The minimum Gasteiger partial charge on any atom is -0.440 e. The molecule has 0 aromatic heterocycles. The van der Waals surface area contributed by atoms with Crippen LogP contribution in [0.3, 0.4) is 0 Å². The van der Waals surface area contributed by atoms with Gasteiger partial charge in [0.25, 0.3) is 0 Å². The Balaban J connectivity index is 0.892. The number of aliphatic hydroxyl groups is 1. The number of carbonyl (C=O) groups is 1. The molecule has 4 N–H and O–H groups in total. The Hall–Kier alpha value is -3.28. The van der Waals surface area contributed by atoms with Crippen LogP contribution in [0.1, 0.15) is 123 Å². The zero-order valence-corrected chi connectivity index (χ0v) is 36.4. The van der Waals surface area contributed by atoms with Gasteiger partial charge in [0, 0.05) is 50.6 Å². The van der Waals surface area contributed by atoms with Gasteiger partial charge in [-0.3, -0.25) is 9.79 Å². The largest absolute Gasteiger partial charge is 0.524 e. The number of rotatable bonds is 21. The highest BCUT2D eigenvalue weighted by atomic mass is 31.2. The second-order valence-electron chi connectivity index (χ2n) is 18.0. The van der Waals surface area contributed by atoms with Crippen LogP contribution >= 0.6 is 7.82 Å². The molecule has 8 rings (SSSR count). The molecule has 3 saturated heterocycles. The maximum atomic E-state index is 14.2. The van der Waals surface area contributed by atoms with Crippen LogP contribution < -0.4 is 9.84 Å². The summed E-state index contributed by atoms with van der Waals surface area (Å²) < 4.78 is 30.3. The molecule has 1 aliphatic carbocycles. The van der Waals surface area contributed by atoms with Crippen LogP contribution in [0.4, 0.5) is 4.79 Å². The zero-order valence-electron chi connectivity index (χ0n) is 35.5. The number of ether oxygens (including phenoxy) is 2. The van der Waals surface area contributed by atoms with Crippen LogP contribution in [0, 0.1) is 11.8 Å². The molecule has 3 atom stereocenters. The highest BCUT2D eigenvalue weighted by Crippen LogP contribution is 2.45. The number of phosphoric acid groups is 1. The van der Waals surface area contributed by atoms with Gasteiger partial charge in [-0.05, 0) is 98.2 Å². The van der Waals surface area contributed by atoms with E-state index in [1.54, 1.807) is 12.1 Å². The van der Waals surface area contributed by atoms with Crippen molar-refractivity contribution in [2.45, 2.75) is 121 Å². The van der Waals surface area contributed by atoms with Crippen LogP contribution in [0.15, 0.2) is 72.8 Å². The number of nitrogens with zero attached hydrogens (tertiary/aromatic N) is 2. The molecular weight excluding hydrogens is 778 g/mol. The van der Waals surface area contributed by atoms with Crippen molar-refractivity contribution >= 4 is 13.9 Å². The number of aryl methyl sites for hydroxylation is 1. The third-order valence-corrected chi connectivity index (χ3v) is 14.2. The first-order chi connectivity index (χ1) is 29.2. The predicted octanol–water partition coefficient (Wildman–Crippen LogP) is 8.81. The van der Waals surface area contributed by atoms with E-state index < -0.39 is 13.9 Å². The zero-order chi connectivity index (χ0) is 41.8. The van der Waals surface area contributed by atoms with Crippen molar-refractivity contribution in [3.63, 3.8) is 0 Å². The van der Waals surface area contributed by atoms with E-state index in [0.717, 1.165) is 110 Å². The van der Waals surface area contributed by atoms with Crippen molar-refractivity contribution in [2.24, 2.45) is 11.8 Å². The van der Waals surface area contributed by atoms with E-state index in [1.165, 1.54) is 36.0 Å². The molecule has 60 heavy (non-hydrogen) atoms. The van der Waals surface area contributed by atoms with E-state index in [1.807, 2.05) is 11.0 Å². The van der Waals surface area contributed by atoms with Crippen molar-refractivity contribution in [1.29, 1.82) is 0 Å². The molecule has 0 radical (unpaired) electrons. The molecule has 2 bridgehead atoms. The van der Waals surface area contributed by atoms with E-state index in [2.05, 4.69) is 59.9 Å². The first-order valence-corrected chi connectivity index (χ1v) is 24.5. The van der Waals surface area contributed by atoms with Crippen molar-refractivity contribution in [2.75, 3.05) is 52.5 Å². The van der Waals surface area contributed by atoms with E-state index in [-0.39, 0.29) is 29.9 Å². The number of unbranched alkanes of at least 4 members (excludes halogenated alkanes) is 4. The Morgan fingerprint density at radius 3 is 2.37 bits per heavy atom. The van der Waals surface area contributed by atoms with E-state index in [0.29, 0.717) is 47.7 Å². The summed E-state index contributed by atoms with van der Waals surface area (Å²) in [5.41, 5.74) is 5.31. The monoisotopic (exact) mass is 846 g/mol. The molecular formula is C48H69N3O8P+. The quantitative estimate of drug-likeness (QED) is 0.0471. The van der Waals surface area contributed by atoms with Gasteiger partial charge >= 0.3 is 13.9 Å². The Morgan fingerprint density at radius 1 is 0.850 bits per heavy atom. The maximum Gasteiger partial charge on any atom is 0.524 e. The SMILES string of the molecule is O=C(O[C@H]1C[N+]2(Cc3cc(C(O)CNCCCCCCOCCCCc4ccccc4)ccc3OP(=O)(O)O)CCC1CC2)N1CCc2ccccc2[C@@H]1C1CCCCC1. The van der Waals surface area contributed by atoms with E-state index >= 15 is 0 Å². The van der Waals surface area contributed by atoms with Crippen molar-refractivity contribution in [1.82, 2.24) is 10.2 Å². The number of piperidine rings is 3. The summed E-state index contributed by atoms with van der Waals surface area (Å²) in [5.74, 6) is 0.849. The van der Waals surface area contributed by atoms with Gasteiger partial charge in [0.05, 0.1) is 25.2 Å². The number of amides is 1. The summed E-state index contributed by atoms with van der Waals surface area (Å²) >= 11 is 0. The summed E-state index contributed by atoms with van der Waals surface area (Å²) in [6.07, 6.45) is 14.9. The van der Waals surface area contributed by atoms with Gasteiger partial charge < -0.3 is 33.8 Å². The normalized spacial score (nSPS) is 23.6. The van der Waals surface area contributed by atoms with Gasteiger partial charge in [0.1, 0.15) is 18.8 Å². The van der Waals surface area contributed by atoms with Gasteiger partial charge in [-0.1, -0.05) is 92.8 Å². The third-order valence-electron chi connectivity index (χ3n) is 13.7. The Kier molecular flexibility index (Phi) is 16.2. The number of hydrogen-bond donors (Lipinski definition) is 4. The lowest BCUT2D eigenvalue weighted by molar-refractivity contribution is -0.958. The van der Waals surface area contributed by atoms with Crippen LogP contribution in [0.5, 0.6) is 5.75 Å². The second-order valence-corrected chi connectivity index (χ2v) is 19.2. The number of hydrogen-bond acceptors (Lipinski definition) is 7. The van der Waals surface area contributed by atoms with Crippen molar-refractivity contribution < 1.29 is 42.7 Å². The van der Waals surface area contributed by atoms with E-state index in [9.17, 15) is 24.3 Å². The average Bonchev–Trinajstić information content (AvgIpc) is 3.26. The fourth-order valence-electron chi connectivity index (χ4n) is 10.5. The number of benzene rings is 3. The molecule has 1 unspecified atom stereocenters. The van der Waals surface area contributed by atoms with Crippen LogP contribution in [0.25, 0.3) is 0 Å². The van der Waals surface area contributed by atoms with Crippen molar-refractivity contribution in [3.8, 4) is 5.75 Å². The molecule has 4 aliphatic heterocycles. The molecule has 11 nitrogen and oxygen atoms in total. The van der Waals surface area contributed by atoms with Crippen LogP contribution in [-0.2, 0) is 33.4 Å². The highest BCUT2D eigenvalue weighted by Gasteiger charge is 2.49. The fraction of sp³-hybridized carbons (Fsp3) is 0.604. The molecule has 4 fully saturated rings. The summed E-state index contributed by atoms with van der Waals surface area (Å²) in [6, 6.07) is 24.3. The highest BCUT2D eigenvalue weighted by molar-refractivity contribution is 7.46. The Bertz CT molecular complexity index is 1840. The number of aliphatic hydroxyl groups excluding tert-OH is 1. The van der Waals surface area contributed by atoms with Gasteiger partial charge in [-0.15, -0.1) is 0 Å². The van der Waals surface area contributed by atoms with Crippen molar-refractivity contribution in [3.05, 3.63) is 101 Å². The minimum atomic E-state index is -4.83. The second kappa shape index (κ2) is 21.7. The molecule has 328 valence electrons. The summed E-state index contributed by atoms with van der Waals surface area (Å²) in [7, 11) is -4.83. The topological polar surface area (TPSA) is 138 Å². The van der Waals surface area contributed by atoms with Gasteiger partial charge in [-0.25, -0.2) is 9.36 Å². The van der Waals surface area contributed by atoms with E-state index in [4.69, 9.17) is 14.0 Å². The molecule has 0 spiro atoms. The predicted molar refractivity (Wildman–Crippen MR) is 233 cm³/mol. The molecule has 4 heterocycles. The standard InChI is InChI=1S/C48H68N3O8P/c52-44(34-49-27-12-1-2-13-31-57-32-14-11-17-37-15-5-3-6-16-37)41-22-23-45(59-60(54,55)56)42(33-41)35-51-29-25-39(26-30-51)46(36-51)58-48(53)50-28-24-38-18-9-10-21-43(38)47(50)40-19-7-4-8-20-40/h3,5-6,9-10,15-16,18,21-23,33,39-40,44,46-47,49,52H,1-2,4,7-8,11-14,17,19-20,24-32,34-36H2,(H-,54,55,56)/p+1/t39?,44?,46-,47-,51?/m0/s1. The van der Waals surface area contributed by atoms with Crippen LogP contribution in [0.2, 0.25) is 0 Å². The average molecular weight is 847 g/mol. The van der Waals surface area contributed by atoms with Gasteiger partial charge in [0.15, 0.2) is 6.10 Å². The van der Waals surface area contributed by atoms with Gasteiger partial charge in [-0.2, -0.15) is 0 Å². The molecule has 12 heteroatoms. The molecule has 3 aromatic rings. The Morgan fingerprint density at radius 2 is 1.58 bits per heavy atom. The lowest BCUT2D eigenvalue weighted by Gasteiger charge is -2.52. The fourth-order valence-corrected chi connectivity index (χ4v) is 10.9. The number of quaternary nitrogens is 1. The lowest BCUT2D eigenvalue weighted by atomic mass is 9.77. The first kappa shape index (κ1) is 44.8. The van der Waals surface area contributed by atoms with Crippen LogP contribution in [-0.4, -0.2) is 89.0 Å². The molecule has 3 aromatic carbocycles. The number of fused-ring (bicyclic) bond motifs is 4. The summed E-state index contributed by atoms with van der Waals surface area (Å²) in [6.45, 7) is 6.28. The van der Waals surface area contributed by atoms with Gasteiger partial charge in [0.2, 0.25) is 0 Å². The lowest BCUT2D eigenvalue weighted by Crippen LogP contribution is -2.64. The Labute approximate surface area is 357 Å². The first-order valence-electron chi connectivity index (χ1n) is 22.9. The summed E-state index contributed by atoms with van der Waals surface area (Å²) in [4.78, 5) is 35.9. The maximum absolute atomic E-state index is 14.2. The third kappa shape index (κ3) is 12.4. The summed E-state index contributed by atoms with van der Waals surface area (Å²) in [5, 5.41) is 14.6. The molecule has 1 amide bonds. The number of nitrogens with one attached hydrogen (secondary N) is 1. The number of phosphoric ester groups is 1. The minimum absolute atomic E-state index is 0.0406. The molecule has 1 saturated carbocycles. The molecule has 5 aliphatic rings. The number of carbonyl (C=O) groups excluding carboxylic acids is 1. The smallest absolute Gasteiger partial charge is 0.440 e.